The van der Waals surface area contributed by atoms with E-state index in [4.69, 9.17) is 22.1 Å². The molecule has 0 aliphatic carbocycles. The van der Waals surface area contributed by atoms with Gasteiger partial charge in [0.25, 0.3) is 5.91 Å². The molecule has 2 rings (SSSR count). The van der Waals surface area contributed by atoms with Gasteiger partial charge in [0.1, 0.15) is 5.75 Å². The SMILES string of the molecule is CC(Oc1cccc(Cl)c1)C(=O)N1CCC[C@@H](N)C1. The molecule has 1 aromatic carbocycles. The number of hydrogen-bond donors (Lipinski definition) is 1. The van der Waals surface area contributed by atoms with Crippen molar-refractivity contribution in [2.75, 3.05) is 13.1 Å². The smallest absolute Gasteiger partial charge is 0.263 e. The van der Waals surface area contributed by atoms with E-state index in [2.05, 4.69) is 0 Å². The van der Waals surface area contributed by atoms with Gasteiger partial charge in [-0.1, -0.05) is 17.7 Å². The molecule has 0 saturated carbocycles. The van der Waals surface area contributed by atoms with Gasteiger partial charge in [-0.2, -0.15) is 0 Å². The highest BCUT2D eigenvalue weighted by Crippen LogP contribution is 2.19. The number of nitrogens with two attached hydrogens (primary N) is 1. The first-order valence-corrected chi connectivity index (χ1v) is 6.90. The summed E-state index contributed by atoms with van der Waals surface area (Å²) in [6, 6.07) is 7.14. The number of likely N-dealkylation sites (tertiary alicyclic amines) is 1. The summed E-state index contributed by atoms with van der Waals surface area (Å²) in [6.45, 7) is 3.13. The van der Waals surface area contributed by atoms with Gasteiger partial charge in [0.05, 0.1) is 0 Å². The lowest BCUT2D eigenvalue weighted by Gasteiger charge is -2.32. The molecule has 4 nitrogen and oxygen atoms in total. The van der Waals surface area contributed by atoms with Crippen LogP contribution in [0.3, 0.4) is 0 Å². The number of carbonyl (C=O) groups is 1. The van der Waals surface area contributed by atoms with Crippen LogP contribution in [0.4, 0.5) is 0 Å². The van der Waals surface area contributed by atoms with Gasteiger partial charge in [-0.05, 0) is 38.0 Å². The predicted octanol–water partition coefficient (Wildman–Crippen LogP) is 2.06. The molecule has 0 aromatic heterocycles. The van der Waals surface area contributed by atoms with Crippen molar-refractivity contribution in [3.8, 4) is 5.75 Å². The van der Waals surface area contributed by atoms with Crippen LogP contribution in [0.15, 0.2) is 24.3 Å². The second-order valence-corrected chi connectivity index (χ2v) is 5.34. The summed E-state index contributed by atoms with van der Waals surface area (Å²) in [5, 5.41) is 0.595. The third kappa shape index (κ3) is 3.85. The van der Waals surface area contributed by atoms with Crippen molar-refractivity contribution in [3.05, 3.63) is 29.3 Å². The van der Waals surface area contributed by atoms with Crippen molar-refractivity contribution < 1.29 is 9.53 Å². The lowest BCUT2D eigenvalue weighted by atomic mass is 10.1. The maximum absolute atomic E-state index is 12.2. The molecule has 19 heavy (non-hydrogen) atoms. The van der Waals surface area contributed by atoms with E-state index in [0.29, 0.717) is 17.3 Å². The minimum atomic E-state index is -0.524. The average molecular weight is 283 g/mol. The molecule has 1 aliphatic heterocycles. The van der Waals surface area contributed by atoms with E-state index in [-0.39, 0.29) is 11.9 Å². The Bertz CT molecular complexity index is 453. The van der Waals surface area contributed by atoms with Crippen LogP contribution in [0.2, 0.25) is 5.02 Å². The highest BCUT2D eigenvalue weighted by atomic mass is 35.5. The first kappa shape index (κ1) is 14.2. The second kappa shape index (κ2) is 6.26. The van der Waals surface area contributed by atoms with Crippen molar-refractivity contribution in [2.45, 2.75) is 31.9 Å². The highest BCUT2D eigenvalue weighted by Gasteiger charge is 2.26. The third-order valence-corrected chi connectivity index (χ3v) is 3.46. The number of nitrogens with zero attached hydrogens (tertiary/aromatic N) is 1. The predicted molar refractivity (Wildman–Crippen MR) is 75.3 cm³/mol. The first-order chi connectivity index (χ1) is 9.06. The Balaban J connectivity index is 1.95. The van der Waals surface area contributed by atoms with E-state index < -0.39 is 6.10 Å². The van der Waals surface area contributed by atoms with E-state index in [0.717, 1.165) is 19.4 Å². The fraction of sp³-hybridized carbons (Fsp3) is 0.500. The molecule has 1 aliphatic rings. The molecule has 0 spiro atoms. The van der Waals surface area contributed by atoms with Crippen LogP contribution in [0, 0.1) is 0 Å². The summed E-state index contributed by atoms with van der Waals surface area (Å²) < 4.78 is 5.63. The Kier molecular flexibility index (Phi) is 4.66. The summed E-state index contributed by atoms with van der Waals surface area (Å²) in [5.41, 5.74) is 5.88. The Hall–Kier alpha value is -1.26. The monoisotopic (exact) mass is 282 g/mol. The quantitative estimate of drug-likeness (QED) is 0.923. The van der Waals surface area contributed by atoms with E-state index in [1.807, 2.05) is 0 Å². The molecular weight excluding hydrogens is 264 g/mol. The van der Waals surface area contributed by atoms with Gasteiger partial charge in [-0.3, -0.25) is 4.79 Å². The molecule has 2 atom stereocenters. The molecular formula is C14H19ClN2O2. The highest BCUT2D eigenvalue weighted by molar-refractivity contribution is 6.30. The summed E-state index contributed by atoms with van der Waals surface area (Å²) in [4.78, 5) is 14.0. The molecule has 104 valence electrons. The normalized spacial score (nSPS) is 21.0. The zero-order chi connectivity index (χ0) is 13.8. The number of piperidine rings is 1. The van der Waals surface area contributed by atoms with Crippen molar-refractivity contribution >= 4 is 17.5 Å². The lowest BCUT2D eigenvalue weighted by Crippen LogP contribution is -2.49. The average Bonchev–Trinajstić information content (AvgIpc) is 2.38. The number of ether oxygens (including phenoxy) is 1. The van der Waals surface area contributed by atoms with Gasteiger partial charge < -0.3 is 15.4 Å². The number of benzene rings is 1. The van der Waals surface area contributed by atoms with Crippen LogP contribution >= 0.6 is 11.6 Å². The number of hydrogen-bond acceptors (Lipinski definition) is 3. The van der Waals surface area contributed by atoms with Crippen LogP contribution in [-0.2, 0) is 4.79 Å². The minimum absolute atomic E-state index is 0.0184. The van der Waals surface area contributed by atoms with E-state index in [1.54, 1.807) is 36.1 Å². The molecule has 1 saturated heterocycles. The number of amides is 1. The molecule has 0 bridgehead atoms. The van der Waals surface area contributed by atoms with E-state index in [9.17, 15) is 4.79 Å². The largest absolute Gasteiger partial charge is 0.481 e. The molecule has 1 aromatic rings. The van der Waals surface area contributed by atoms with Gasteiger partial charge in [0, 0.05) is 24.2 Å². The van der Waals surface area contributed by atoms with Gasteiger partial charge in [-0.15, -0.1) is 0 Å². The maximum Gasteiger partial charge on any atom is 0.263 e. The second-order valence-electron chi connectivity index (χ2n) is 4.90. The topological polar surface area (TPSA) is 55.6 Å². The van der Waals surface area contributed by atoms with Crippen molar-refractivity contribution in [3.63, 3.8) is 0 Å². The standard InChI is InChI=1S/C14H19ClN2O2/c1-10(19-13-6-2-4-11(15)8-13)14(18)17-7-3-5-12(16)9-17/h2,4,6,8,10,12H,3,5,7,9,16H2,1H3/t10?,12-/m1/s1. The summed E-state index contributed by atoms with van der Waals surface area (Å²) >= 11 is 5.88. The number of rotatable bonds is 3. The van der Waals surface area contributed by atoms with Crippen LogP contribution < -0.4 is 10.5 Å². The van der Waals surface area contributed by atoms with Crippen LogP contribution in [0.25, 0.3) is 0 Å². The summed E-state index contributed by atoms with van der Waals surface area (Å²) in [7, 11) is 0. The number of halogens is 1. The van der Waals surface area contributed by atoms with E-state index in [1.165, 1.54) is 0 Å². The molecule has 1 heterocycles. The van der Waals surface area contributed by atoms with Crippen molar-refractivity contribution in [1.29, 1.82) is 0 Å². The molecule has 2 N–H and O–H groups in total. The maximum atomic E-state index is 12.2. The Morgan fingerprint density at radius 2 is 2.37 bits per heavy atom. The molecule has 5 heteroatoms. The van der Waals surface area contributed by atoms with E-state index >= 15 is 0 Å². The molecule has 1 amide bonds. The Labute approximate surface area is 118 Å². The van der Waals surface area contributed by atoms with Gasteiger partial charge in [-0.25, -0.2) is 0 Å². The summed E-state index contributed by atoms with van der Waals surface area (Å²) in [5.74, 6) is 0.588. The molecule has 1 unspecified atom stereocenters. The number of carbonyl (C=O) groups excluding carboxylic acids is 1. The fourth-order valence-electron chi connectivity index (χ4n) is 2.26. The van der Waals surface area contributed by atoms with Crippen LogP contribution in [0.5, 0.6) is 5.75 Å². The third-order valence-electron chi connectivity index (χ3n) is 3.23. The minimum Gasteiger partial charge on any atom is -0.481 e. The fourth-order valence-corrected chi connectivity index (χ4v) is 2.44. The van der Waals surface area contributed by atoms with Crippen LogP contribution in [0.1, 0.15) is 19.8 Å². The Morgan fingerprint density at radius 3 is 3.05 bits per heavy atom. The van der Waals surface area contributed by atoms with Gasteiger partial charge in [0.2, 0.25) is 0 Å². The van der Waals surface area contributed by atoms with Gasteiger partial charge >= 0.3 is 0 Å². The lowest BCUT2D eigenvalue weighted by molar-refractivity contribution is -0.139. The van der Waals surface area contributed by atoms with Crippen molar-refractivity contribution in [2.24, 2.45) is 5.73 Å². The molecule has 1 fully saturated rings. The first-order valence-electron chi connectivity index (χ1n) is 6.53. The summed E-state index contributed by atoms with van der Waals surface area (Å²) in [6.07, 6.45) is 1.41. The van der Waals surface area contributed by atoms with Crippen molar-refractivity contribution in [1.82, 2.24) is 4.90 Å². The zero-order valence-corrected chi connectivity index (χ0v) is 11.8. The zero-order valence-electron chi connectivity index (χ0n) is 11.0. The van der Waals surface area contributed by atoms with Gasteiger partial charge in [0.15, 0.2) is 6.10 Å². The molecule has 0 radical (unpaired) electrons. The Morgan fingerprint density at radius 1 is 1.58 bits per heavy atom. The van der Waals surface area contributed by atoms with Crippen LogP contribution in [-0.4, -0.2) is 36.0 Å².